The first-order valence-electron chi connectivity index (χ1n) is 5.29. The highest BCUT2D eigenvalue weighted by molar-refractivity contribution is 5.82. The first kappa shape index (κ1) is 10.6. The second-order valence-corrected chi connectivity index (χ2v) is 3.74. The molecule has 2 rings (SSSR count). The first-order chi connectivity index (χ1) is 7.84. The number of hydrogen-bond acceptors (Lipinski definition) is 2. The summed E-state index contributed by atoms with van der Waals surface area (Å²) in [7, 11) is 0. The second-order valence-electron chi connectivity index (χ2n) is 3.74. The van der Waals surface area contributed by atoms with Gasteiger partial charge in [-0.05, 0) is 17.2 Å². The molecule has 0 aliphatic heterocycles. The minimum Gasteiger partial charge on any atom is -0.299 e. The van der Waals surface area contributed by atoms with Crippen molar-refractivity contribution in [1.29, 1.82) is 0 Å². The predicted molar refractivity (Wildman–Crippen MR) is 63.1 cm³/mol. The van der Waals surface area contributed by atoms with Gasteiger partial charge in [-0.25, -0.2) is 0 Å². The normalized spacial score (nSPS) is 10.0. The SMILES string of the molecule is O=C(Cc1ccccc1)Cc1cccnc1. The molecular formula is C14H13NO. The van der Waals surface area contributed by atoms with E-state index < -0.39 is 0 Å². The summed E-state index contributed by atoms with van der Waals surface area (Å²) in [4.78, 5) is 15.7. The predicted octanol–water partition coefficient (Wildman–Crippen LogP) is 2.44. The van der Waals surface area contributed by atoms with Crippen LogP contribution >= 0.6 is 0 Å². The lowest BCUT2D eigenvalue weighted by molar-refractivity contribution is -0.117. The van der Waals surface area contributed by atoms with Crippen LogP contribution in [0.2, 0.25) is 0 Å². The van der Waals surface area contributed by atoms with Gasteiger partial charge in [0.05, 0.1) is 0 Å². The van der Waals surface area contributed by atoms with E-state index in [-0.39, 0.29) is 5.78 Å². The molecule has 0 spiro atoms. The van der Waals surface area contributed by atoms with Crippen molar-refractivity contribution in [3.63, 3.8) is 0 Å². The molecule has 0 saturated carbocycles. The Morgan fingerprint density at radius 3 is 2.31 bits per heavy atom. The Bertz CT molecular complexity index is 407. The van der Waals surface area contributed by atoms with Crippen molar-refractivity contribution < 1.29 is 4.79 Å². The number of Topliss-reactive ketones (excluding diaryl/α,β-unsaturated/α-hetero) is 1. The van der Waals surface area contributed by atoms with E-state index in [1.807, 2.05) is 42.5 Å². The summed E-state index contributed by atoms with van der Waals surface area (Å²) < 4.78 is 0. The third-order valence-corrected chi connectivity index (χ3v) is 2.37. The van der Waals surface area contributed by atoms with Gasteiger partial charge >= 0.3 is 0 Å². The number of pyridine rings is 1. The molecule has 0 amide bonds. The molecule has 80 valence electrons. The van der Waals surface area contributed by atoms with E-state index in [0.717, 1.165) is 11.1 Å². The van der Waals surface area contributed by atoms with Crippen molar-refractivity contribution >= 4 is 5.78 Å². The van der Waals surface area contributed by atoms with Crippen LogP contribution in [0, 0.1) is 0 Å². The molecule has 0 unspecified atom stereocenters. The van der Waals surface area contributed by atoms with Crippen molar-refractivity contribution in [2.45, 2.75) is 12.8 Å². The van der Waals surface area contributed by atoms with E-state index in [9.17, 15) is 4.79 Å². The van der Waals surface area contributed by atoms with Crippen LogP contribution in [-0.2, 0) is 17.6 Å². The van der Waals surface area contributed by atoms with E-state index >= 15 is 0 Å². The van der Waals surface area contributed by atoms with Crippen LogP contribution < -0.4 is 0 Å². The third kappa shape index (κ3) is 3.02. The zero-order valence-electron chi connectivity index (χ0n) is 8.97. The van der Waals surface area contributed by atoms with Crippen molar-refractivity contribution in [1.82, 2.24) is 4.98 Å². The lowest BCUT2D eigenvalue weighted by atomic mass is 10.0. The molecule has 1 aromatic carbocycles. The van der Waals surface area contributed by atoms with Gasteiger partial charge in [-0.15, -0.1) is 0 Å². The Balaban J connectivity index is 1.95. The molecule has 1 aromatic heterocycles. The molecule has 2 aromatic rings. The standard InChI is InChI=1S/C14H13NO/c16-14(9-12-5-2-1-3-6-12)10-13-7-4-8-15-11-13/h1-8,11H,9-10H2. The van der Waals surface area contributed by atoms with E-state index in [1.54, 1.807) is 12.4 Å². The van der Waals surface area contributed by atoms with Crippen molar-refractivity contribution in [2.24, 2.45) is 0 Å². The summed E-state index contributed by atoms with van der Waals surface area (Å²) in [5, 5.41) is 0. The van der Waals surface area contributed by atoms with Crippen LogP contribution in [-0.4, -0.2) is 10.8 Å². The molecule has 16 heavy (non-hydrogen) atoms. The summed E-state index contributed by atoms with van der Waals surface area (Å²) in [5.74, 6) is 0.221. The zero-order valence-corrected chi connectivity index (χ0v) is 8.97. The van der Waals surface area contributed by atoms with Gasteiger partial charge in [-0.1, -0.05) is 36.4 Å². The summed E-state index contributed by atoms with van der Waals surface area (Å²) in [6.07, 6.45) is 4.41. The minimum absolute atomic E-state index is 0.221. The van der Waals surface area contributed by atoms with Gasteiger partial charge < -0.3 is 0 Å². The molecular weight excluding hydrogens is 198 g/mol. The lowest BCUT2D eigenvalue weighted by Gasteiger charge is -2.01. The van der Waals surface area contributed by atoms with Crippen LogP contribution in [0.5, 0.6) is 0 Å². The molecule has 0 atom stereocenters. The molecule has 0 radical (unpaired) electrons. The molecule has 0 aliphatic carbocycles. The number of hydrogen-bond donors (Lipinski definition) is 0. The number of rotatable bonds is 4. The first-order valence-corrected chi connectivity index (χ1v) is 5.29. The molecule has 1 heterocycles. The van der Waals surface area contributed by atoms with E-state index in [0.29, 0.717) is 12.8 Å². The maximum Gasteiger partial charge on any atom is 0.141 e. The van der Waals surface area contributed by atoms with Crippen LogP contribution in [0.15, 0.2) is 54.9 Å². The van der Waals surface area contributed by atoms with Crippen molar-refractivity contribution in [3.8, 4) is 0 Å². The Morgan fingerprint density at radius 2 is 1.62 bits per heavy atom. The monoisotopic (exact) mass is 211 g/mol. The van der Waals surface area contributed by atoms with Crippen molar-refractivity contribution in [3.05, 3.63) is 66.0 Å². The average Bonchev–Trinajstić information content (AvgIpc) is 2.31. The number of carbonyl (C=O) groups is 1. The van der Waals surface area contributed by atoms with Crippen LogP contribution in [0.4, 0.5) is 0 Å². The molecule has 0 fully saturated rings. The number of nitrogens with zero attached hydrogens (tertiary/aromatic N) is 1. The van der Waals surface area contributed by atoms with E-state index in [1.165, 1.54) is 0 Å². The molecule has 2 nitrogen and oxygen atoms in total. The van der Waals surface area contributed by atoms with E-state index in [4.69, 9.17) is 0 Å². The van der Waals surface area contributed by atoms with Gasteiger partial charge in [0.2, 0.25) is 0 Å². The third-order valence-electron chi connectivity index (χ3n) is 2.37. The highest BCUT2D eigenvalue weighted by Crippen LogP contribution is 2.04. The quantitative estimate of drug-likeness (QED) is 0.777. The van der Waals surface area contributed by atoms with Gasteiger partial charge in [0.1, 0.15) is 5.78 Å². The van der Waals surface area contributed by atoms with Crippen molar-refractivity contribution in [2.75, 3.05) is 0 Å². The fourth-order valence-corrected chi connectivity index (χ4v) is 1.62. The Hall–Kier alpha value is -1.96. The van der Waals surface area contributed by atoms with Gasteiger partial charge in [-0.2, -0.15) is 0 Å². The van der Waals surface area contributed by atoms with Gasteiger partial charge in [0.25, 0.3) is 0 Å². The minimum atomic E-state index is 0.221. The van der Waals surface area contributed by atoms with Gasteiger partial charge in [0.15, 0.2) is 0 Å². The second kappa shape index (κ2) is 5.21. The summed E-state index contributed by atoms with van der Waals surface area (Å²) in [6, 6.07) is 13.6. The fraction of sp³-hybridized carbons (Fsp3) is 0.143. The lowest BCUT2D eigenvalue weighted by Crippen LogP contribution is -2.06. The van der Waals surface area contributed by atoms with Gasteiger partial charge in [0, 0.05) is 25.2 Å². The van der Waals surface area contributed by atoms with Crippen LogP contribution in [0.3, 0.4) is 0 Å². The number of benzene rings is 1. The summed E-state index contributed by atoms with van der Waals surface area (Å²) in [5.41, 5.74) is 2.04. The van der Waals surface area contributed by atoms with Crippen LogP contribution in [0.1, 0.15) is 11.1 Å². The van der Waals surface area contributed by atoms with Gasteiger partial charge in [-0.3, -0.25) is 9.78 Å². The highest BCUT2D eigenvalue weighted by Gasteiger charge is 2.04. The number of aromatic nitrogens is 1. The maximum absolute atomic E-state index is 11.8. The summed E-state index contributed by atoms with van der Waals surface area (Å²) in [6.45, 7) is 0. The fourth-order valence-electron chi connectivity index (χ4n) is 1.62. The molecule has 0 saturated heterocycles. The molecule has 0 aliphatic rings. The van der Waals surface area contributed by atoms with Crippen LogP contribution in [0.25, 0.3) is 0 Å². The largest absolute Gasteiger partial charge is 0.299 e. The smallest absolute Gasteiger partial charge is 0.141 e. The molecule has 0 bridgehead atoms. The average molecular weight is 211 g/mol. The molecule has 0 N–H and O–H groups in total. The number of ketones is 1. The Morgan fingerprint density at radius 1 is 0.938 bits per heavy atom. The molecule has 2 heteroatoms. The van der Waals surface area contributed by atoms with E-state index in [2.05, 4.69) is 4.98 Å². The highest BCUT2D eigenvalue weighted by atomic mass is 16.1. The topological polar surface area (TPSA) is 30.0 Å². The maximum atomic E-state index is 11.8. The zero-order chi connectivity index (χ0) is 11.2. The number of carbonyl (C=O) groups excluding carboxylic acids is 1. The summed E-state index contributed by atoms with van der Waals surface area (Å²) >= 11 is 0. The Labute approximate surface area is 95.0 Å². The Kier molecular flexibility index (Phi) is 3.44.